The lowest BCUT2D eigenvalue weighted by Crippen LogP contribution is -2.30. The van der Waals surface area contributed by atoms with Gasteiger partial charge in [0.2, 0.25) is 0 Å². The van der Waals surface area contributed by atoms with E-state index in [1.807, 2.05) is 0 Å². The number of carbonyl (C=O) groups excluding carboxylic acids is 2. The summed E-state index contributed by atoms with van der Waals surface area (Å²) in [5.74, 6) is -2.88. The lowest BCUT2D eigenvalue weighted by molar-refractivity contribution is -0.384. The highest BCUT2D eigenvalue weighted by Crippen LogP contribution is 2.39. The van der Waals surface area contributed by atoms with Gasteiger partial charge in [0.1, 0.15) is 5.76 Å². The molecule has 0 bridgehead atoms. The molecule has 9 heteroatoms. The molecule has 2 N–H and O–H groups in total. The van der Waals surface area contributed by atoms with Crippen molar-refractivity contribution in [3.63, 3.8) is 0 Å². The van der Waals surface area contributed by atoms with Crippen molar-refractivity contribution in [2.75, 3.05) is 6.54 Å². The first kappa shape index (κ1) is 22.7. The molecule has 166 valence electrons. The number of aliphatic carboxylic acids is 1. The van der Waals surface area contributed by atoms with Gasteiger partial charge in [0, 0.05) is 30.7 Å². The van der Waals surface area contributed by atoms with Crippen LogP contribution in [0, 0.1) is 10.1 Å². The number of nitro groups is 1. The Morgan fingerprint density at radius 2 is 1.62 bits per heavy atom. The summed E-state index contributed by atoms with van der Waals surface area (Å²) >= 11 is 0. The van der Waals surface area contributed by atoms with Gasteiger partial charge in [-0.1, -0.05) is 36.8 Å². The van der Waals surface area contributed by atoms with Crippen LogP contribution in [0.4, 0.5) is 5.69 Å². The summed E-state index contributed by atoms with van der Waals surface area (Å²) in [5.41, 5.74) is 0.584. The fourth-order valence-electron chi connectivity index (χ4n) is 3.72. The molecule has 2 aromatic rings. The molecule has 1 saturated heterocycles. The molecule has 1 amide bonds. The van der Waals surface area contributed by atoms with Crippen LogP contribution in [0.25, 0.3) is 5.76 Å². The Hall–Kier alpha value is -4.01. The average molecular weight is 438 g/mol. The van der Waals surface area contributed by atoms with E-state index >= 15 is 0 Å². The van der Waals surface area contributed by atoms with E-state index in [9.17, 15) is 29.6 Å². The Labute approximate surface area is 183 Å². The van der Waals surface area contributed by atoms with E-state index in [0.29, 0.717) is 24.8 Å². The Morgan fingerprint density at radius 1 is 0.969 bits per heavy atom. The molecule has 3 rings (SSSR count). The molecular formula is C23H22N2O7. The maximum atomic E-state index is 12.9. The quantitative estimate of drug-likeness (QED) is 0.152. The minimum atomic E-state index is -0.891. The monoisotopic (exact) mass is 438 g/mol. The van der Waals surface area contributed by atoms with Gasteiger partial charge in [-0.3, -0.25) is 24.5 Å². The number of nitrogens with zero attached hydrogens (tertiary/aromatic N) is 2. The third kappa shape index (κ3) is 4.83. The van der Waals surface area contributed by atoms with Gasteiger partial charge in [-0.2, -0.15) is 0 Å². The number of amides is 1. The second kappa shape index (κ2) is 9.86. The van der Waals surface area contributed by atoms with E-state index in [0.717, 1.165) is 0 Å². The van der Waals surface area contributed by atoms with Gasteiger partial charge in [-0.05, 0) is 30.5 Å². The smallest absolute Gasteiger partial charge is 0.303 e. The second-order valence-corrected chi connectivity index (χ2v) is 7.41. The number of unbranched alkanes of at least 4 members (excludes halogenated alkanes) is 2. The molecule has 0 saturated carbocycles. The summed E-state index contributed by atoms with van der Waals surface area (Å²) in [5, 5.41) is 30.6. The topological polar surface area (TPSA) is 138 Å². The van der Waals surface area contributed by atoms with Crippen LogP contribution in [0.15, 0.2) is 60.2 Å². The molecule has 0 aromatic heterocycles. The molecule has 1 atom stereocenters. The highest BCUT2D eigenvalue weighted by atomic mass is 16.6. The van der Waals surface area contributed by atoms with Crippen molar-refractivity contribution in [3.8, 4) is 0 Å². The largest absolute Gasteiger partial charge is 0.507 e. The van der Waals surface area contributed by atoms with E-state index in [2.05, 4.69) is 0 Å². The summed E-state index contributed by atoms with van der Waals surface area (Å²) in [6.07, 6.45) is 1.56. The first-order valence-corrected chi connectivity index (χ1v) is 10.1. The Balaban J connectivity index is 1.95. The van der Waals surface area contributed by atoms with Gasteiger partial charge in [0.15, 0.2) is 0 Å². The number of benzene rings is 2. The van der Waals surface area contributed by atoms with Gasteiger partial charge in [-0.15, -0.1) is 0 Å². The van der Waals surface area contributed by atoms with Crippen LogP contribution in [0.2, 0.25) is 0 Å². The highest BCUT2D eigenvalue weighted by molar-refractivity contribution is 6.46. The molecule has 1 fully saturated rings. The van der Waals surface area contributed by atoms with Crippen LogP contribution < -0.4 is 0 Å². The van der Waals surface area contributed by atoms with Crippen LogP contribution in [-0.2, 0) is 14.4 Å². The molecule has 0 radical (unpaired) electrons. The van der Waals surface area contributed by atoms with E-state index in [1.54, 1.807) is 30.3 Å². The standard InChI is InChI=1S/C23H22N2O7/c26-18(27)9-5-2-6-14-24-20(15-7-3-1-4-8-15)19(22(29)23(24)30)21(28)16-10-12-17(13-11-16)25(31)32/h1,3-4,7-8,10-13,20,28H,2,5-6,9,14H2,(H,26,27). The SMILES string of the molecule is O=C(O)CCCCCN1C(=O)C(=O)C(=C(O)c2ccc([N+](=O)[O-])cc2)C1c1ccccc1. The predicted octanol–water partition coefficient (Wildman–Crippen LogP) is 3.66. The van der Waals surface area contributed by atoms with Crippen molar-refractivity contribution >= 4 is 29.1 Å². The molecule has 9 nitrogen and oxygen atoms in total. The molecule has 1 aliphatic rings. The molecule has 1 unspecified atom stereocenters. The normalized spacial score (nSPS) is 17.5. The molecule has 0 spiro atoms. The van der Waals surface area contributed by atoms with Gasteiger partial charge >= 0.3 is 5.97 Å². The number of aliphatic hydroxyl groups excluding tert-OH is 1. The summed E-state index contributed by atoms with van der Waals surface area (Å²) in [6, 6.07) is 13.1. The summed E-state index contributed by atoms with van der Waals surface area (Å²) in [4.78, 5) is 48.1. The van der Waals surface area contributed by atoms with Crippen LogP contribution in [0.1, 0.15) is 42.9 Å². The van der Waals surface area contributed by atoms with Crippen molar-refractivity contribution < 1.29 is 29.5 Å². The van der Waals surface area contributed by atoms with Crippen molar-refractivity contribution in [1.82, 2.24) is 4.90 Å². The van der Waals surface area contributed by atoms with Gasteiger partial charge < -0.3 is 15.1 Å². The number of non-ortho nitro benzene ring substituents is 1. The second-order valence-electron chi connectivity index (χ2n) is 7.41. The van der Waals surface area contributed by atoms with E-state index in [-0.39, 0.29) is 29.8 Å². The number of likely N-dealkylation sites (tertiary alicyclic amines) is 1. The number of Topliss-reactive ketones (excluding diaryl/α,β-unsaturated/α-hetero) is 1. The Bertz CT molecular complexity index is 1060. The molecule has 32 heavy (non-hydrogen) atoms. The molecule has 0 aliphatic carbocycles. The van der Waals surface area contributed by atoms with E-state index in [4.69, 9.17) is 5.11 Å². The van der Waals surface area contributed by atoms with Crippen molar-refractivity contribution in [3.05, 3.63) is 81.4 Å². The number of nitro benzene ring substituents is 1. The minimum Gasteiger partial charge on any atom is -0.507 e. The predicted molar refractivity (Wildman–Crippen MR) is 115 cm³/mol. The molecular weight excluding hydrogens is 416 g/mol. The Morgan fingerprint density at radius 3 is 2.22 bits per heavy atom. The van der Waals surface area contributed by atoms with Gasteiger partial charge in [-0.25, -0.2) is 0 Å². The minimum absolute atomic E-state index is 0.0288. The first-order chi connectivity index (χ1) is 15.3. The third-order valence-corrected chi connectivity index (χ3v) is 5.30. The molecule has 2 aromatic carbocycles. The average Bonchev–Trinajstić information content (AvgIpc) is 3.03. The van der Waals surface area contributed by atoms with Crippen molar-refractivity contribution in [1.29, 1.82) is 0 Å². The fourth-order valence-corrected chi connectivity index (χ4v) is 3.72. The van der Waals surface area contributed by atoms with Crippen LogP contribution in [0.5, 0.6) is 0 Å². The maximum Gasteiger partial charge on any atom is 0.303 e. The lowest BCUT2D eigenvalue weighted by Gasteiger charge is -2.25. The number of carboxylic acids is 1. The van der Waals surface area contributed by atoms with Crippen LogP contribution >= 0.6 is 0 Å². The Kier molecular flexibility index (Phi) is 6.99. The number of ketones is 1. The van der Waals surface area contributed by atoms with Crippen molar-refractivity contribution in [2.45, 2.75) is 31.7 Å². The number of carbonyl (C=O) groups is 3. The zero-order valence-electron chi connectivity index (χ0n) is 17.1. The summed E-state index contributed by atoms with van der Waals surface area (Å²) < 4.78 is 0. The number of carboxylic acid groups (broad SMARTS) is 1. The van der Waals surface area contributed by atoms with E-state index in [1.165, 1.54) is 29.2 Å². The zero-order chi connectivity index (χ0) is 23.3. The molecule has 1 aliphatic heterocycles. The van der Waals surface area contributed by atoms with Crippen LogP contribution in [-0.4, -0.2) is 44.2 Å². The number of rotatable bonds is 9. The number of hydrogen-bond donors (Lipinski definition) is 2. The number of hydrogen-bond acceptors (Lipinski definition) is 6. The number of aliphatic hydroxyl groups is 1. The lowest BCUT2D eigenvalue weighted by atomic mass is 9.95. The first-order valence-electron chi connectivity index (χ1n) is 10.1. The summed E-state index contributed by atoms with van der Waals surface area (Å²) in [7, 11) is 0. The van der Waals surface area contributed by atoms with Gasteiger partial charge in [0.25, 0.3) is 17.4 Å². The fraction of sp³-hybridized carbons (Fsp3) is 0.261. The zero-order valence-corrected chi connectivity index (χ0v) is 17.1. The van der Waals surface area contributed by atoms with Gasteiger partial charge in [0.05, 0.1) is 16.5 Å². The summed E-state index contributed by atoms with van der Waals surface area (Å²) in [6.45, 7) is 0.223. The maximum absolute atomic E-state index is 12.9. The molecule has 1 heterocycles. The van der Waals surface area contributed by atoms with Crippen molar-refractivity contribution in [2.24, 2.45) is 0 Å². The van der Waals surface area contributed by atoms with E-state index < -0.39 is 34.4 Å². The van der Waals surface area contributed by atoms with Crippen LogP contribution in [0.3, 0.4) is 0 Å². The third-order valence-electron chi connectivity index (χ3n) is 5.30. The highest BCUT2D eigenvalue weighted by Gasteiger charge is 2.45.